The Hall–Kier alpha value is -2.31. The molecule has 0 saturated carbocycles. The summed E-state index contributed by atoms with van der Waals surface area (Å²) in [6.07, 6.45) is 0. The number of carbonyl (C=O) groups is 1. The van der Waals surface area contributed by atoms with Gasteiger partial charge in [-0.05, 0) is 13.8 Å². The van der Waals surface area contributed by atoms with Crippen molar-refractivity contribution in [3.05, 3.63) is 23.2 Å². The number of nitrogens with two attached hydrogens (primary N) is 1. The molecule has 7 nitrogen and oxygen atoms in total. The van der Waals surface area contributed by atoms with Gasteiger partial charge in [0.25, 0.3) is 5.91 Å². The zero-order valence-corrected chi connectivity index (χ0v) is 8.87. The maximum atomic E-state index is 11.7. The summed E-state index contributed by atoms with van der Waals surface area (Å²) < 4.78 is 4.81. The maximum absolute atomic E-state index is 11.7. The van der Waals surface area contributed by atoms with Crippen molar-refractivity contribution in [3.63, 3.8) is 0 Å². The van der Waals surface area contributed by atoms with Gasteiger partial charge in [-0.15, -0.1) is 0 Å². The first kappa shape index (κ1) is 10.2. The summed E-state index contributed by atoms with van der Waals surface area (Å²) in [5.41, 5.74) is 6.80. The van der Waals surface area contributed by atoms with Crippen LogP contribution >= 0.6 is 0 Å². The lowest BCUT2D eigenvalue weighted by Crippen LogP contribution is -2.14. The van der Waals surface area contributed by atoms with Crippen molar-refractivity contribution in [3.8, 4) is 0 Å². The van der Waals surface area contributed by atoms with E-state index in [0.29, 0.717) is 23.0 Å². The Morgan fingerprint density at radius 3 is 2.81 bits per heavy atom. The van der Waals surface area contributed by atoms with Crippen LogP contribution in [0.5, 0.6) is 0 Å². The molecule has 0 aliphatic carbocycles. The highest BCUT2D eigenvalue weighted by molar-refractivity contribution is 6.06. The van der Waals surface area contributed by atoms with Crippen LogP contribution in [-0.2, 0) is 0 Å². The van der Waals surface area contributed by atoms with Crippen LogP contribution < -0.4 is 11.1 Å². The van der Waals surface area contributed by atoms with Gasteiger partial charge < -0.3 is 15.6 Å². The molecule has 0 fully saturated rings. The van der Waals surface area contributed by atoms with Crippen LogP contribution in [0.15, 0.2) is 10.6 Å². The maximum Gasteiger partial charge on any atom is 0.279 e. The number of anilines is 2. The second-order valence-corrected chi connectivity index (χ2v) is 3.39. The summed E-state index contributed by atoms with van der Waals surface area (Å²) in [5, 5.41) is 12.6. The molecule has 0 bridgehead atoms. The SMILES string of the molecule is Cc1cc(NC(=O)c2n[nH]c(C)c2N)no1. The largest absolute Gasteiger partial charge is 0.395 e. The van der Waals surface area contributed by atoms with Crippen LogP contribution in [-0.4, -0.2) is 21.3 Å². The average Bonchev–Trinajstić information content (AvgIpc) is 2.76. The Bertz CT molecular complexity index is 528. The molecular weight excluding hydrogens is 210 g/mol. The third-order valence-electron chi connectivity index (χ3n) is 2.08. The van der Waals surface area contributed by atoms with Crippen molar-refractivity contribution in [2.24, 2.45) is 0 Å². The smallest absolute Gasteiger partial charge is 0.279 e. The number of nitrogens with zero attached hydrogens (tertiary/aromatic N) is 2. The van der Waals surface area contributed by atoms with Gasteiger partial charge in [0, 0.05) is 6.07 Å². The topological polar surface area (TPSA) is 110 Å². The highest BCUT2D eigenvalue weighted by Gasteiger charge is 2.16. The standard InChI is InChI=1S/C9H11N5O2/c1-4-3-6(14-16-4)11-9(15)8-7(10)5(2)12-13-8/h3H,10H2,1-2H3,(H,12,13)(H,11,14,15). The first-order valence-electron chi connectivity index (χ1n) is 4.63. The molecule has 4 N–H and O–H groups in total. The van der Waals surface area contributed by atoms with Crippen molar-refractivity contribution < 1.29 is 9.32 Å². The molecule has 84 valence electrons. The summed E-state index contributed by atoms with van der Waals surface area (Å²) in [6.45, 7) is 3.47. The van der Waals surface area contributed by atoms with Crippen LogP contribution in [0.2, 0.25) is 0 Å². The zero-order chi connectivity index (χ0) is 11.7. The Morgan fingerprint density at radius 1 is 1.56 bits per heavy atom. The predicted octanol–water partition coefficient (Wildman–Crippen LogP) is 0.849. The highest BCUT2D eigenvalue weighted by Crippen LogP contribution is 2.15. The molecule has 0 atom stereocenters. The zero-order valence-electron chi connectivity index (χ0n) is 8.87. The van der Waals surface area contributed by atoms with Crippen molar-refractivity contribution in [2.75, 3.05) is 11.1 Å². The highest BCUT2D eigenvalue weighted by atomic mass is 16.5. The summed E-state index contributed by atoms with van der Waals surface area (Å²) in [6, 6.07) is 1.60. The second kappa shape index (κ2) is 3.69. The monoisotopic (exact) mass is 221 g/mol. The fraction of sp³-hybridized carbons (Fsp3) is 0.222. The first-order chi connectivity index (χ1) is 7.58. The number of carbonyl (C=O) groups excluding carboxylic acids is 1. The molecule has 2 heterocycles. The summed E-state index contributed by atoms with van der Waals surface area (Å²) in [4.78, 5) is 11.7. The van der Waals surface area contributed by atoms with Gasteiger partial charge in [-0.25, -0.2) is 0 Å². The molecule has 1 amide bonds. The summed E-state index contributed by atoms with van der Waals surface area (Å²) in [7, 11) is 0. The van der Waals surface area contributed by atoms with Crippen LogP contribution in [0.4, 0.5) is 11.5 Å². The molecule has 16 heavy (non-hydrogen) atoms. The van der Waals surface area contributed by atoms with E-state index in [1.165, 1.54) is 0 Å². The minimum absolute atomic E-state index is 0.151. The van der Waals surface area contributed by atoms with Crippen molar-refractivity contribution in [2.45, 2.75) is 13.8 Å². The van der Waals surface area contributed by atoms with E-state index in [0.717, 1.165) is 0 Å². The van der Waals surface area contributed by atoms with E-state index >= 15 is 0 Å². The second-order valence-electron chi connectivity index (χ2n) is 3.39. The van der Waals surface area contributed by atoms with E-state index in [-0.39, 0.29) is 5.69 Å². The minimum atomic E-state index is -0.421. The van der Waals surface area contributed by atoms with Gasteiger partial charge in [-0.3, -0.25) is 9.89 Å². The molecule has 7 heteroatoms. The van der Waals surface area contributed by atoms with Crippen LogP contribution in [0.3, 0.4) is 0 Å². The van der Waals surface area contributed by atoms with Gasteiger partial charge in [0.05, 0.1) is 11.4 Å². The number of aromatic amines is 1. The molecule has 0 unspecified atom stereocenters. The van der Waals surface area contributed by atoms with Gasteiger partial charge >= 0.3 is 0 Å². The Morgan fingerprint density at radius 2 is 2.31 bits per heavy atom. The number of rotatable bonds is 2. The molecule has 0 spiro atoms. The molecule has 2 aromatic rings. The average molecular weight is 221 g/mol. The van der Waals surface area contributed by atoms with Crippen molar-refractivity contribution in [1.82, 2.24) is 15.4 Å². The minimum Gasteiger partial charge on any atom is -0.395 e. The lowest BCUT2D eigenvalue weighted by molar-refractivity contribution is 0.102. The number of nitrogens with one attached hydrogen (secondary N) is 2. The molecule has 0 radical (unpaired) electrons. The normalized spacial score (nSPS) is 10.4. The molecule has 0 aliphatic rings. The summed E-state index contributed by atoms with van der Waals surface area (Å²) >= 11 is 0. The lowest BCUT2D eigenvalue weighted by Gasteiger charge is -1.98. The van der Waals surface area contributed by atoms with E-state index in [2.05, 4.69) is 20.7 Å². The number of aryl methyl sites for hydroxylation is 2. The molecule has 0 aliphatic heterocycles. The molecule has 0 saturated heterocycles. The Balaban J connectivity index is 2.18. The Labute approximate surface area is 91.0 Å². The van der Waals surface area contributed by atoms with Gasteiger partial charge in [0.1, 0.15) is 5.76 Å². The number of amides is 1. The molecular formula is C9H11N5O2. The fourth-order valence-corrected chi connectivity index (χ4v) is 1.21. The van der Waals surface area contributed by atoms with Crippen LogP contribution in [0.25, 0.3) is 0 Å². The van der Waals surface area contributed by atoms with Gasteiger partial charge in [-0.2, -0.15) is 5.10 Å². The third kappa shape index (κ3) is 1.74. The fourth-order valence-electron chi connectivity index (χ4n) is 1.21. The van der Waals surface area contributed by atoms with Gasteiger partial charge in [0.15, 0.2) is 11.5 Å². The van der Waals surface area contributed by atoms with E-state index < -0.39 is 5.91 Å². The number of aromatic nitrogens is 3. The molecule has 2 rings (SSSR count). The van der Waals surface area contributed by atoms with Crippen molar-refractivity contribution in [1.29, 1.82) is 0 Å². The number of hydrogen-bond acceptors (Lipinski definition) is 5. The lowest BCUT2D eigenvalue weighted by atomic mass is 10.3. The van der Waals surface area contributed by atoms with E-state index in [9.17, 15) is 4.79 Å². The number of nitrogen functional groups attached to an aromatic ring is 1. The van der Waals surface area contributed by atoms with E-state index in [1.54, 1.807) is 19.9 Å². The van der Waals surface area contributed by atoms with E-state index in [4.69, 9.17) is 10.3 Å². The summed E-state index contributed by atoms with van der Waals surface area (Å²) in [5.74, 6) is 0.527. The predicted molar refractivity (Wildman–Crippen MR) is 56.9 cm³/mol. The van der Waals surface area contributed by atoms with Crippen molar-refractivity contribution >= 4 is 17.4 Å². The molecule has 2 aromatic heterocycles. The number of H-pyrrole nitrogens is 1. The number of hydrogen-bond donors (Lipinski definition) is 3. The molecule has 0 aromatic carbocycles. The van der Waals surface area contributed by atoms with Crippen LogP contribution in [0, 0.1) is 13.8 Å². The van der Waals surface area contributed by atoms with Gasteiger partial charge in [-0.1, -0.05) is 5.16 Å². The first-order valence-corrected chi connectivity index (χ1v) is 4.63. The third-order valence-corrected chi connectivity index (χ3v) is 2.08. The van der Waals surface area contributed by atoms with Gasteiger partial charge in [0.2, 0.25) is 0 Å². The van der Waals surface area contributed by atoms with E-state index in [1.807, 2.05) is 0 Å². The van der Waals surface area contributed by atoms with Crippen LogP contribution in [0.1, 0.15) is 21.9 Å². The Kier molecular flexibility index (Phi) is 2.35. The quantitative estimate of drug-likeness (QED) is 0.696.